The van der Waals surface area contributed by atoms with E-state index >= 15 is 0 Å². The highest BCUT2D eigenvalue weighted by atomic mass is 16.6. The third-order valence-electron chi connectivity index (χ3n) is 2.99. The molecule has 1 aliphatic rings. The summed E-state index contributed by atoms with van der Waals surface area (Å²) >= 11 is 0. The van der Waals surface area contributed by atoms with Gasteiger partial charge in [-0.15, -0.1) is 0 Å². The highest BCUT2D eigenvalue weighted by Crippen LogP contribution is 2.32. The number of fused-ring (bicyclic) bond motifs is 1. The second-order valence-corrected chi connectivity index (χ2v) is 4.03. The summed E-state index contributed by atoms with van der Waals surface area (Å²) in [5.41, 5.74) is 1.90. The first-order chi connectivity index (χ1) is 8.27. The van der Waals surface area contributed by atoms with Gasteiger partial charge in [-0.2, -0.15) is 0 Å². The van der Waals surface area contributed by atoms with E-state index in [0.717, 1.165) is 24.3 Å². The van der Waals surface area contributed by atoms with Crippen molar-refractivity contribution < 1.29 is 9.53 Å². The van der Waals surface area contributed by atoms with E-state index in [1.807, 2.05) is 31.2 Å². The zero-order chi connectivity index (χ0) is 12.3. The van der Waals surface area contributed by atoms with Crippen molar-refractivity contribution >= 4 is 17.5 Å². The van der Waals surface area contributed by atoms with E-state index < -0.39 is 0 Å². The Balaban J connectivity index is 2.34. The van der Waals surface area contributed by atoms with Gasteiger partial charge in [0.05, 0.1) is 24.0 Å². The van der Waals surface area contributed by atoms with Crippen molar-refractivity contribution in [3.05, 3.63) is 24.3 Å². The summed E-state index contributed by atoms with van der Waals surface area (Å²) in [5.74, 6) is 0. The summed E-state index contributed by atoms with van der Waals surface area (Å²) < 4.78 is 5.13. The Morgan fingerprint density at radius 1 is 1.47 bits per heavy atom. The number of hydrogen-bond acceptors (Lipinski definition) is 3. The van der Waals surface area contributed by atoms with Crippen LogP contribution in [0.4, 0.5) is 16.2 Å². The van der Waals surface area contributed by atoms with Crippen molar-refractivity contribution in [3.8, 4) is 0 Å². The first kappa shape index (κ1) is 11.8. The fourth-order valence-corrected chi connectivity index (χ4v) is 2.12. The van der Waals surface area contributed by atoms with Gasteiger partial charge in [-0.05, 0) is 25.5 Å². The molecular formula is C13H18N2O2. The molecule has 1 amide bonds. The summed E-state index contributed by atoms with van der Waals surface area (Å²) in [4.78, 5) is 13.8. The minimum atomic E-state index is -0.256. The van der Waals surface area contributed by atoms with Crippen LogP contribution in [0.15, 0.2) is 24.3 Å². The number of nitrogens with zero attached hydrogens (tertiary/aromatic N) is 1. The lowest BCUT2D eigenvalue weighted by Gasteiger charge is -2.36. The Bertz CT molecular complexity index is 406. The number of carbonyl (C=O) groups is 1. The molecule has 1 aromatic rings. The number of rotatable bonds is 2. The number of benzene rings is 1. The maximum absolute atomic E-state index is 12.0. The fourth-order valence-electron chi connectivity index (χ4n) is 2.12. The van der Waals surface area contributed by atoms with Crippen LogP contribution in [0.1, 0.15) is 20.3 Å². The summed E-state index contributed by atoms with van der Waals surface area (Å²) in [7, 11) is 0. The number of anilines is 2. The Morgan fingerprint density at radius 3 is 2.94 bits per heavy atom. The van der Waals surface area contributed by atoms with Crippen LogP contribution in [-0.2, 0) is 4.74 Å². The van der Waals surface area contributed by atoms with Crippen LogP contribution in [-0.4, -0.2) is 25.3 Å². The van der Waals surface area contributed by atoms with Gasteiger partial charge >= 0.3 is 6.09 Å². The van der Waals surface area contributed by atoms with Crippen LogP contribution >= 0.6 is 0 Å². The zero-order valence-electron chi connectivity index (χ0n) is 10.3. The molecule has 0 spiro atoms. The van der Waals surface area contributed by atoms with Crippen LogP contribution in [0, 0.1) is 0 Å². The molecule has 17 heavy (non-hydrogen) atoms. The SMILES string of the molecule is CCOC(=O)N1c2ccccc2NCC1CC. The first-order valence-electron chi connectivity index (χ1n) is 6.06. The van der Waals surface area contributed by atoms with E-state index in [4.69, 9.17) is 4.74 Å². The Kier molecular flexibility index (Phi) is 3.52. The minimum Gasteiger partial charge on any atom is -0.449 e. The third kappa shape index (κ3) is 2.20. The lowest BCUT2D eigenvalue weighted by atomic mass is 10.1. The molecule has 1 unspecified atom stereocenters. The molecule has 92 valence electrons. The average molecular weight is 234 g/mol. The number of para-hydroxylation sites is 2. The number of hydrogen-bond donors (Lipinski definition) is 1. The van der Waals surface area contributed by atoms with Gasteiger partial charge < -0.3 is 10.1 Å². The Labute approximate surface area is 102 Å². The van der Waals surface area contributed by atoms with E-state index in [1.165, 1.54) is 0 Å². The molecule has 0 radical (unpaired) electrons. The van der Waals surface area contributed by atoms with E-state index in [9.17, 15) is 4.79 Å². The molecule has 0 saturated carbocycles. The van der Waals surface area contributed by atoms with Crippen molar-refractivity contribution in [1.82, 2.24) is 0 Å². The van der Waals surface area contributed by atoms with E-state index in [1.54, 1.807) is 4.90 Å². The lowest BCUT2D eigenvalue weighted by molar-refractivity contribution is 0.157. The predicted molar refractivity (Wildman–Crippen MR) is 68.5 cm³/mol. The van der Waals surface area contributed by atoms with Crippen LogP contribution in [0.5, 0.6) is 0 Å². The lowest BCUT2D eigenvalue weighted by Crippen LogP contribution is -2.47. The number of carbonyl (C=O) groups excluding carboxylic acids is 1. The monoisotopic (exact) mass is 234 g/mol. The van der Waals surface area contributed by atoms with E-state index in [0.29, 0.717) is 6.61 Å². The average Bonchev–Trinajstić information content (AvgIpc) is 2.37. The molecule has 1 aliphatic heterocycles. The van der Waals surface area contributed by atoms with Gasteiger partial charge in [0, 0.05) is 6.54 Å². The van der Waals surface area contributed by atoms with Crippen molar-refractivity contribution in [2.75, 3.05) is 23.4 Å². The smallest absolute Gasteiger partial charge is 0.414 e. The molecule has 2 rings (SSSR count). The Hall–Kier alpha value is -1.71. The molecule has 0 fully saturated rings. The zero-order valence-corrected chi connectivity index (χ0v) is 10.3. The van der Waals surface area contributed by atoms with Gasteiger partial charge in [0.15, 0.2) is 0 Å². The van der Waals surface area contributed by atoms with Crippen LogP contribution in [0.25, 0.3) is 0 Å². The molecule has 4 heteroatoms. The first-order valence-corrected chi connectivity index (χ1v) is 6.06. The molecule has 0 aromatic heterocycles. The molecule has 0 bridgehead atoms. The predicted octanol–water partition coefficient (Wildman–Crippen LogP) is 2.85. The number of amides is 1. The van der Waals surface area contributed by atoms with Gasteiger partial charge in [-0.3, -0.25) is 4.90 Å². The van der Waals surface area contributed by atoms with Crippen molar-refractivity contribution in [2.45, 2.75) is 26.3 Å². The standard InChI is InChI=1S/C13H18N2O2/c1-3-10-9-14-11-7-5-6-8-12(11)15(10)13(16)17-4-2/h5-8,10,14H,3-4,9H2,1-2H3. The van der Waals surface area contributed by atoms with E-state index in [-0.39, 0.29) is 12.1 Å². The molecular weight excluding hydrogens is 216 g/mol. The fraction of sp³-hybridized carbons (Fsp3) is 0.462. The van der Waals surface area contributed by atoms with E-state index in [2.05, 4.69) is 12.2 Å². The maximum atomic E-state index is 12.0. The summed E-state index contributed by atoms with van der Waals surface area (Å²) in [6.07, 6.45) is 0.647. The molecule has 1 atom stereocenters. The summed E-state index contributed by atoms with van der Waals surface area (Å²) in [6, 6.07) is 7.98. The number of ether oxygens (including phenoxy) is 1. The van der Waals surface area contributed by atoms with Crippen molar-refractivity contribution in [3.63, 3.8) is 0 Å². The van der Waals surface area contributed by atoms with Gasteiger partial charge in [0.25, 0.3) is 0 Å². The molecule has 0 saturated heterocycles. The third-order valence-corrected chi connectivity index (χ3v) is 2.99. The molecule has 1 N–H and O–H groups in total. The van der Waals surface area contributed by atoms with Crippen LogP contribution in [0.3, 0.4) is 0 Å². The highest BCUT2D eigenvalue weighted by molar-refractivity contribution is 5.94. The van der Waals surface area contributed by atoms with Gasteiger partial charge in [0.1, 0.15) is 0 Å². The van der Waals surface area contributed by atoms with Gasteiger partial charge in [-0.25, -0.2) is 4.79 Å². The van der Waals surface area contributed by atoms with Gasteiger partial charge in [0.2, 0.25) is 0 Å². The molecule has 1 heterocycles. The highest BCUT2D eigenvalue weighted by Gasteiger charge is 2.30. The Morgan fingerprint density at radius 2 is 2.24 bits per heavy atom. The maximum Gasteiger partial charge on any atom is 0.414 e. The van der Waals surface area contributed by atoms with Crippen molar-refractivity contribution in [2.24, 2.45) is 0 Å². The second-order valence-electron chi connectivity index (χ2n) is 4.03. The second kappa shape index (κ2) is 5.08. The summed E-state index contributed by atoms with van der Waals surface area (Å²) in [6.45, 7) is 5.08. The minimum absolute atomic E-state index is 0.156. The van der Waals surface area contributed by atoms with Crippen LogP contribution in [0.2, 0.25) is 0 Å². The van der Waals surface area contributed by atoms with Crippen LogP contribution < -0.4 is 10.2 Å². The normalized spacial score (nSPS) is 18.2. The quantitative estimate of drug-likeness (QED) is 0.855. The molecule has 1 aromatic carbocycles. The van der Waals surface area contributed by atoms with Crippen molar-refractivity contribution in [1.29, 1.82) is 0 Å². The summed E-state index contributed by atoms with van der Waals surface area (Å²) in [5, 5.41) is 3.34. The topological polar surface area (TPSA) is 41.6 Å². The van der Waals surface area contributed by atoms with Gasteiger partial charge in [-0.1, -0.05) is 19.1 Å². The molecule has 0 aliphatic carbocycles. The molecule has 4 nitrogen and oxygen atoms in total. The number of nitrogens with one attached hydrogen (secondary N) is 1. The largest absolute Gasteiger partial charge is 0.449 e.